The van der Waals surface area contributed by atoms with Crippen LogP contribution in [0, 0.1) is 6.92 Å². The molecule has 0 aromatic heterocycles. The fourth-order valence-electron chi connectivity index (χ4n) is 4.39. The van der Waals surface area contributed by atoms with E-state index in [0.717, 1.165) is 13.0 Å². The molecule has 3 atom stereocenters. The molecule has 3 aliphatic heterocycles. The first-order valence-corrected chi connectivity index (χ1v) is 8.09. The SMILES string of the molecule is Cc1cccc(C2NCC(=O)N2C2CCN3CCCC23)c1. The van der Waals surface area contributed by atoms with E-state index in [1.165, 1.54) is 30.5 Å². The highest BCUT2D eigenvalue weighted by molar-refractivity contribution is 5.81. The van der Waals surface area contributed by atoms with Crippen LogP contribution in [0.4, 0.5) is 0 Å². The van der Waals surface area contributed by atoms with Gasteiger partial charge in [0.15, 0.2) is 0 Å². The monoisotopic (exact) mass is 285 g/mol. The van der Waals surface area contributed by atoms with Gasteiger partial charge in [-0.3, -0.25) is 15.0 Å². The zero-order valence-electron chi connectivity index (χ0n) is 12.6. The van der Waals surface area contributed by atoms with Gasteiger partial charge in [0.05, 0.1) is 12.6 Å². The van der Waals surface area contributed by atoms with Gasteiger partial charge in [-0.05, 0) is 38.3 Å². The van der Waals surface area contributed by atoms with Crippen LogP contribution in [0.15, 0.2) is 24.3 Å². The van der Waals surface area contributed by atoms with Crippen molar-refractivity contribution in [1.29, 1.82) is 0 Å². The van der Waals surface area contributed by atoms with Crippen LogP contribution >= 0.6 is 0 Å². The maximum atomic E-state index is 12.5. The van der Waals surface area contributed by atoms with E-state index < -0.39 is 0 Å². The summed E-state index contributed by atoms with van der Waals surface area (Å²) in [4.78, 5) is 17.2. The highest BCUT2D eigenvalue weighted by Crippen LogP contribution is 2.36. The van der Waals surface area contributed by atoms with Gasteiger partial charge >= 0.3 is 0 Å². The van der Waals surface area contributed by atoms with Crippen LogP contribution in [-0.4, -0.2) is 47.4 Å². The third kappa shape index (κ3) is 2.17. The minimum absolute atomic E-state index is 0.0583. The lowest BCUT2D eigenvalue weighted by Gasteiger charge is -2.34. The van der Waals surface area contributed by atoms with Crippen molar-refractivity contribution < 1.29 is 4.79 Å². The first kappa shape index (κ1) is 13.3. The van der Waals surface area contributed by atoms with Gasteiger partial charge in [0.25, 0.3) is 0 Å². The number of rotatable bonds is 2. The summed E-state index contributed by atoms with van der Waals surface area (Å²) in [6.45, 7) is 4.95. The number of nitrogens with one attached hydrogen (secondary N) is 1. The van der Waals surface area contributed by atoms with E-state index in [1.807, 2.05) is 0 Å². The van der Waals surface area contributed by atoms with Crippen LogP contribution in [0.2, 0.25) is 0 Å². The molecule has 4 rings (SSSR count). The summed E-state index contributed by atoms with van der Waals surface area (Å²) in [7, 11) is 0. The molecule has 3 saturated heterocycles. The molecular formula is C17H23N3O. The number of hydrogen-bond donors (Lipinski definition) is 1. The summed E-state index contributed by atoms with van der Waals surface area (Å²) < 4.78 is 0. The summed E-state index contributed by atoms with van der Waals surface area (Å²) in [6, 6.07) is 9.51. The molecule has 1 amide bonds. The van der Waals surface area contributed by atoms with E-state index in [9.17, 15) is 4.79 Å². The number of amides is 1. The van der Waals surface area contributed by atoms with E-state index in [4.69, 9.17) is 0 Å². The Morgan fingerprint density at radius 3 is 2.95 bits per heavy atom. The lowest BCUT2D eigenvalue weighted by molar-refractivity contribution is -0.130. The summed E-state index contributed by atoms with van der Waals surface area (Å²) in [5, 5.41) is 3.41. The maximum Gasteiger partial charge on any atom is 0.238 e. The molecule has 4 nitrogen and oxygen atoms in total. The number of aryl methyl sites for hydroxylation is 1. The van der Waals surface area contributed by atoms with E-state index in [2.05, 4.69) is 46.3 Å². The summed E-state index contributed by atoms with van der Waals surface area (Å²) >= 11 is 0. The normalized spacial score (nSPS) is 32.9. The zero-order chi connectivity index (χ0) is 14.4. The van der Waals surface area contributed by atoms with Crippen molar-refractivity contribution in [3.63, 3.8) is 0 Å². The van der Waals surface area contributed by atoms with Crippen LogP contribution in [0.5, 0.6) is 0 Å². The molecule has 0 bridgehead atoms. The molecule has 1 N–H and O–H groups in total. The molecule has 1 aromatic carbocycles. The third-order valence-electron chi connectivity index (χ3n) is 5.30. The predicted octanol–water partition coefficient (Wildman–Crippen LogP) is 1.66. The number of carbonyl (C=O) groups excluding carboxylic acids is 1. The second kappa shape index (κ2) is 5.11. The smallest absolute Gasteiger partial charge is 0.238 e. The second-order valence-electron chi connectivity index (χ2n) is 6.60. The largest absolute Gasteiger partial charge is 0.317 e. The van der Waals surface area contributed by atoms with E-state index in [1.54, 1.807) is 0 Å². The standard InChI is InChI=1S/C17H23N3O/c1-12-4-2-5-13(10-12)17-18-11-16(21)20(17)15-7-9-19-8-3-6-14(15)19/h2,4-5,10,14-15,17-18H,3,6-9,11H2,1H3. The molecule has 1 aromatic rings. The minimum atomic E-state index is 0.0583. The number of fused-ring (bicyclic) bond motifs is 1. The Morgan fingerprint density at radius 2 is 2.10 bits per heavy atom. The van der Waals surface area contributed by atoms with Crippen LogP contribution in [0.25, 0.3) is 0 Å². The number of nitrogens with zero attached hydrogens (tertiary/aromatic N) is 2. The zero-order valence-corrected chi connectivity index (χ0v) is 12.6. The van der Waals surface area contributed by atoms with Crippen molar-refractivity contribution >= 4 is 5.91 Å². The minimum Gasteiger partial charge on any atom is -0.317 e. The van der Waals surface area contributed by atoms with Gasteiger partial charge in [-0.25, -0.2) is 0 Å². The molecule has 3 fully saturated rings. The number of benzene rings is 1. The molecule has 0 saturated carbocycles. The van der Waals surface area contributed by atoms with Crippen molar-refractivity contribution in [2.75, 3.05) is 19.6 Å². The molecule has 0 radical (unpaired) electrons. The van der Waals surface area contributed by atoms with Crippen LogP contribution < -0.4 is 5.32 Å². The average molecular weight is 285 g/mol. The Kier molecular flexibility index (Phi) is 3.23. The van der Waals surface area contributed by atoms with Crippen LogP contribution in [-0.2, 0) is 4.79 Å². The Morgan fingerprint density at radius 1 is 1.19 bits per heavy atom. The van der Waals surface area contributed by atoms with Gasteiger partial charge in [0.1, 0.15) is 6.17 Å². The molecule has 3 heterocycles. The lowest BCUT2D eigenvalue weighted by atomic mass is 10.0. The van der Waals surface area contributed by atoms with Crippen molar-refractivity contribution in [1.82, 2.24) is 15.1 Å². The van der Waals surface area contributed by atoms with Crippen molar-refractivity contribution in [2.24, 2.45) is 0 Å². The molecule has 21 heavy (non-hydrogen) atoms. The first-order chi connectivity index (χ1) is 10.2. The van der Waals surface area contributed by atoms with E-state index in [-0.39, 0.29) is 12.1 Å². The quantitative estimate of drug-likeness (QED) is 0.898. The summed E-state index contributed by atoms with van der Waals surface area (Å²) in [5.41, 5.74) is 2.47. The third-order valence-corrected chi connectivity index (χ3v) is 5.30. The summed E-state index contributed by atoms with van der Waals surface area (Å²) in [5.74, 6) is 0.264. The van der Waals surface area contributed by atoms with Gasteiger partial charge in [-0.2, -0.15) is 0 Å². The highest BCUT2D eigenvalue weighted by atomic mass is 16.2. The topological polar surface area (TPSA) is 35.6 Å². The Balaban J connectivity index is 1.64. The Hall–Kier alpha value is -1.39. The molecule has 4 heteroatoms. The lowest BCUT2D eigenvalue weighted by Crippen LogP contribution is -2.45. The van der Waals surface area contributed by atoms with Gasteiger partial charge in [-0.15, -0.1) is 0 Å². The molecule has 112 valence electrons. The molecule has 3 aliphatic rings. The van der Waals surface area contributed by atoms with Gasteiger partial charge < -0.3 is 4.90 Å². The Labute approximate surface area is 126 Å². The molecular weight excluding hydrogens is 262 g/mol. The van der Waals surface area contributed by atoms with E-state index >= 15 is 0 Å². The van der Waals surface area contributed by atoms with Crippen LogP contribution in [0.3, 0.4) is 0 Å². The molecule has 0 spiro atoms. The predicted molar refractivity (Wildman–Crippen MR) is 81.8 cm³/mol. The van der Waals surface area contributed by atoms with Gasteiger partial charge in [0, 0.05) is 12.6 Å². The van der Waals surface area contributed by atoms with Crippen molar-refractivity contribution in [3.8, 4) is 0 Å². The Bertz CT molecular complexity index is 559. The van der Waals surface area contributed by atoms with Gasteiger partial charge in [-0.1, -0.05) is 29.8 Å². The van der Waals surface area contributed by atoms with Gasteiger partial charge in [0.2, 0.25) is 5.91 Å². The summed E-state index contributed by atoms with van der Waals surface area (Å²) in [6.07, 6.45) is 3.71. The van der Waals surface area contributed by atoms with Crippen molar-refractivity contribution in [2.45, 2.75) is 44.4 Å². The average Bonchev–Trinajstić information content (AvgIpc) is 3.14. The number of hydrogen-bond acceptors (Lipinski definition) is 3. The highest BCUT2D eigenvalue weighted by Gasteiger charge is 2.46. The second-order valence-corrected chi connectivity index (χ2v) is 6.60. The van der Waals surface area contributed by atoms with Crippen molar-refractivity contribution in [3.05, 3.63) is 35.4 Å². The van der Waals surface area contributed by atoms with Crippen LogP contribution in [0.1, 0.15) is 36.6 Å². The molecule has 0 aliphatic carbocycles. The fraction of sp³-hybridized carbons (Fsp3) is 0.588. The maximum absolute atomic E-state index is 12.5. The molecule has 3 unspecified atom stereocenters. The first-order valence-electron chi connectivity index (χ1n) is 8.09. The fourth-order valence-corrected chi connectivity index (χ4v) is 4.39. The number of carbonyl (C=O) groups is 1. The van der Waals surface area contributed by atoms with E-state index in [0.29, 0.717) is 18.6 Å².